The summed E-state index contributed by atoms with van der Waals surface area (Å²) in [7, 11) is -5.55. The van der Waals surface area contributed by atoms with Crippen molar-refractivity contribution in [2.24, 2.45) is 0 Å². The van der Waals surface area contributed by atoms with Crippen molar-refractivity contribution in [3.63, 3.8) is 0 Å². The molecule has 0 aromatic heterocycles. The Balaban J connectivity index is 1.92. The number of sulfone groups is 1. The molecule has 0 bridgehead atoms. The van der Waals surface area contributed by atoms with Crippen molar-refractivity contribution < 1.29 is 26.4 Å². The van der Waals surface area contributed by atoms with Crippen molar-refractivity contribution in [3.8, 4) is 0 Å². The van der Waals surface area contributed by atoms with E-state index in [2.05, 4.69) is 0 Å². The number of hydrogen-bond acceptors (Lipinski definition) is 7. The maximum Gasteiger partial charge on any atom is 0.243 e. The van der Waals surface area contributed by atoms with Crippen LogP contribution in [0.4, 0.5) is 0 Å². The number of benzene rings is 1. The van der Waals surface area contributed by atoms with Crippen molar-refractivity contribution in [2.75, 3.05) is 58.3 Å². The van der Waals surface area contributed by atoms with Gasteiger partial charge in [-0.1, -0.05) is 12.1 Å². The van der Waals surface area contributed by atoms with Gasteiger partial charge in [0, 0.05) is 51.6 Å². The molecule has 1 aliphatic rings. The van der Waals surface area contributed by atoms with Crippen LogP contribution in [0.2, 0.25) is 0 Å². The van der Waals surface area contributed by atoms with Crippen LogP contribution in [-0.2, 0) is 24.7 Å². The number of carbonyl (C=O) groups excluding carboxylic acids is 2. The number of likely N-dealkylation sites (N-methyl/N-ethyl adjacent to an activating group) is 1. The summed E-state index contributed by atoms with van der Waals surface area (Å²) in [5.41, 5.74) is 0.413. The molecule has 0 aliphatic carbocycles. The molecule has 0 saturated carbocycles. The van der Waals surface area contributed by atoms with E-state index >= 15 is 0 Å². The molecule has 1 aromatic carbocycles. The molecule has 1 fully saturated rings. The SMILES string of the molecule is CC(=O)c1ccc(S(=O)(=O)N(C)CC(=O)N2CCN(CCS(C)(=O)=O)CC2)cc1. The molecule has 1 aliphatic heterocycles. The molecule has 1 amide bonds. The van der Waals surface area contributed by atoms with Crippen LogP contribution in [0, 0.1) is 0 Å². The zero-order valence-corrected chi connectivity index (χ0v) is 18.5. The van der Waals surface area contributed by atoms with Crippen LogP contribution in [0.3, 0.4) is 0 Å². The van der Waals surface area contributed by atoms with Gasteiger partial charge in [-0.05, 0) is 19.1 Å². The van der Waals surface area contributed by atoms with E-state index in [-0.39, 0.29) is 28.9 Å². The van der Waals surface area contributed by atoms with Crippen LogP contribution >= 0.6 is 0 Å². The second-order valence-corrected chi connectivity index (χ2v) is 11.5. The minimum atomic E-state index is -3.85. The Labute approximate surface area is 172 Å². The zero-order valence-electron chi connectivity index (χ0n) is 16.9. The van der Waals surface area contributed by atoms with Crippen LogP contribution in [-0.4, -0.2) is 101 Å². The van der Waals surface area contributed by atoms with Gasteiger partial charge in [0.15, 0.2) is 5.78 Å². The van der Waals surface area contributed by atoms with Gasteiger partial charge in [-0.3, -0.25) is 14.5 Å². The number of sulfonamides is 1. The van der Waals surface area contributed by atoms with Crippen molar-refractivity contribution >= 4 is 31.6 Å². The quantitative estimate of drug-likeness (QED) is 0.505. The number of hydrogen-bond donors (Lipinski definition) is 0. The summed E-state index contributed by atoms with van der Waals surface area (Å²) < 4.78 is 48.9. The van der Waals surface area contributed by atoms with Crippen LogP contribution in [0.15, 0.2) is 29.2 Å². The van der Waals surface area contributed by atoms with Crippen molar-refractivity contribution in [1.82, 2.24) is 14.1 Å². The summed E-state index contributed by atoms with van der Waals surface area (Å²) in [6.45, 7) is 3.46. The Morgan fingerprint density at radius 1 is 1.00 bits per heavy atom. The highest BCUT2D eigenvalue weighted by Gasteiger charge is 2.27. The number of ketones is 1. The van der Waals surface area contributed by atoms with E-state index in [1.807, 2.05) is 4.90 Å². The maximum atomic E-state index is 12.7. The first-order chi connectivity index (χ1) is 13.4. The van der Waals surface area contributed by atoms with Gasteiger partial charge in [0.05, 0.1) is 17.2 Å². The van der Waals surface area contributed by atoms with Gasteiger partial charge < -0.3 is 4.90 Å². The number of amides is 1. The second-order valence-electron chi connectivity index (χ2n) is 7.19. The van der Waals surface area contributed by atoms with E-state index in [1.54, 1.807) is 4.90 Å². The summed E-state index contributed by atoms with van der Waals surface area (Å²) in [6, 6.07) is 5.60. The standard InChI is InChI=1S/C18H27N3O6S2/c1-15(22)16-4-6-17(7-5-16)29(26,27)19(2)14-18(23)21-10-8-20(9-11-21)12-13-28(3,24)25/h4-7H,8-14H2,1-3H3. The third-order valence-corrected chi connectivity index (χ3v) is 7.57. The largest absolute Gasteiger partial charge is 0.339 e. The van der Waals surface area contributed by atoms with Gasteiger partial charge in [-0.2, -0.15) is 4.31 Å². The van der Waals surface area contributed by atoms with E-state index in [1.165, 1.54) is 44.5 Å². The van der Waals surface area contributed by atoms with Crippen LogP contribution in [0.1, 0.15) is 17.3 Å². The van der Waals surface area contributed by atoms with E-state index in [0.29, 0.717) is 38.3 Å². The molecule has 1 saturated heterocycles. The van der Waals surface area contributed by atoms with Gasteiger partial charge in [0.25, 0.3) is 0 Å². The van der Waals surface area contributed by atoms with Gasteiger partial charge in [0.2, 0.25) is 15.9 Å². The topological polar surface area (TPSA) is 112 Å². The molecule has 9 nitrogen and oxygen atoms in total. The van der Waals surface area contributed by atoms with E-state index < -0.39 is 19.9 Å². The molecule has 162 valence electrons. The Hall–Kier alpha value is -1.82. The first-order valence-electron chi connectivity index (χ1n) is 9.15. The van der Waals surface area contributed by atoms with Gasteiger partial charge >= 0.3 is 0 Å². The van der Waals surface area contributed by atoms with Crippen molar-refractivity contribution in [3.05, 3.63) is 29.8 Å². The van der Waals surface area contributed by atoms with Crippen LogP contribution < -0.4 is 0 Å². The lowest BCUT2D eigenvalue weighted by Crippen LogP contribution is -2.52. The van der Waals surface area contributed by atoms with Crippen LogP contribution in [0.5, 0.6) is 0 Å². The molecule has 1 aromatic rings. The molecule has 2 rings (SSSR count). The molecular formula is C18H27N3O6S2. The summed E-state index contributed by atoms with van der Waals surface area (Å²) in [5.74, 6) is -0.392. The smallest absolute Gasteiger partial charge is 0.243 e. The van der Waals surface area contributed by atoms with Gasteiger partial charge in [-0.15, -0.1) is 0 Å². The fraction of sp³-hybridized carbons (Fsp3) is 0.556. The van der Waals surface area contributed by atoms with Crippen molar-refractivity contribution in [1.29, 1.82) is 0 Å². The number of nitrogens with zero attached hydrogens (tertiary/aromatic N) is 3. The monoisotopic (exact) mass is 445 g/mol. The summed E-state index contributed by atoms with van der Waals surface area (Å²) in [5, 5.41) is 0. The molecular weight excluding hydrogens is 418 g/mol. The van der Waals surface area contributed by atoms with Crippen LogP contribution in [0.25, 0.3) is 0 Å². The normalized spacial score (nSPS) is 16.2. The second kappa shape index (κ2) is 9.33. The van der Waals surface area contributed by atoms with E-state index in [0.717, 1.165) is 4.31 Å². The molecule has 0 spiro atoms. The summed E-state index contributed by atoms with van der Waals surface area (Å²) in [6.07, 6.45) is 1.19. The zero-order chi connectivity index (χ0) is 21.8. The lowest BCUT2D eigenvalue weighted by atomic mass is 10.2. The molecule has 0 atom stereocenters. The molecule has 0 N–H and O–H groups in total. The van der Waals surface area contributed by atoms with E-state index in [4.69, 9.17) is 0 Å². The highest BCUT2D eigenvalue weighted by Crippen LogP contribution is 2.16. The average Bonchev–Trinajstić information content (AvgIpc) is 2.66. The molecule has 0 unspecified atom stereocenters. The lowest BCUT2D eigenvalue weighted by Gasteiger charge is -2.35. The molecule has 1 heterocycles. The minimum Gasteiger partial charge on any atom is -0.339 e. The highest BCUT2D eigenvalue weighted by atomic mass is 32.2. The fourth-order valence-electron chi connectivity index (χ4n) is 2.93. The number of piperazine rings is 1. The Kier molecular flexibility index (Phi) is 7.55. The fourth-order valence-corrected chi connectivity index (χ4v) is 4.64. The third-order valence-electron chi connectivity index (χ3n) is 4.83. The summed E-state index contributed by atoms with van der Waals surface area (Å²) in [4.78, 5) is 27.4. The predicted molar refractivity (Wildman–Crippen MR) is 109 cm³/mol. The Morgan fingerprint density at radius 3 is 2.03 bits per heavy atom. The maximum absolute atomic E-state index is 12.7. The first-order valence-corrected chi connectivity index (χ1v) is 12.7. The summed E-state index contributed by atoms with van der Waals surface area (Å²) >= 11 is 0. The predicted octanol–water partition coefficient (Wildman–Crippen LogP) is -0.301. The Morgan fingerprint density at radius 2 is 1.55 bits per heavy atom. The van der Waals surface area contributed by atoms with E-state index in [9.17, 15) is 26.4 Å². The molecule has 11 heteroatoms. The minimum absolute atomic E-state index is 0.0170. The highest BCUT2D eigenvalue weighted by molar-refractivity contribution is 7.90. The molecule has 0 radical (unpaired) electrons. The van der Waals surface area contributed by atoms with Gasteiger partial charge in [-0.25, -0.2) is 16.8 Å². The average molecular weight is 446 g/mol. The Bertz CT molecular complexity index is 950. The lowest BCUT2D eigenvalue weighted by molar-refractivity contribution is -0.132. The molecule has 29 heavy (non-hydrogen) atoms. The van der Waals surface area contributed by atoms with Crippen molar-refractivity contribution in [2.45, 2.75) is 11.8 Å². The van der Waals surface area contributed by atoms with Gasteiger partial charge in [0.1, 0.15) is 9.84 Å². The first kappa shape index (κ1) is 23.5. The number of carbonyl (C=O) groups is 2. The third kappa shape index (κ3) is 6.59. The number of Topliss-reactive ketones (excluding diaryl/α,β-unsaturated/α-hetero) is 1. The number of rotatable bonds is 8.